The quantitative estimate of drug-likeness (QED) is 0.0137. The zero-order chi connectivity index (χ0) is 42.7. The second-order valence-electron chi connectivity index (χ2n) is 14.6. The van der Waals surface area contributed by atoms with Gasteiger partial charge in [0.05, 0.1) is 15.9 Å². The highest BCUT2D eigenvalue weighted by Crippen LogP contribution is 2.42. The smallest absolute Gasteiger partial charge is 0.343 e. The van der Waals surface area contributed by atoms with Gasteiger partial charge in [-0.05, 0) is 82.5 Å². The molecule has 0 aliphatic carbocycles. The van der Waals surface area contributed by atoms with Crippen LogP contribution in [0.1, 0.15) is 87.4 Å². The number of hydrogen-bond acceptors (Lipinski definition) is 10. The molecule has 0 fully saturated rings. The monoisotopic (exact) mass is 806 g/mol. The van der Waals surface area contributed by atoms with E-state index in [0.29, 0.717) is 34.7 Å². The first-order valence-electron chi connectivity index (χ1n) is 19.8. The Morgan fingerprint density at radius 3 is 2.53 bits per heavy atom. The van der Waals surface area contributed by atoms with E-state index < -0.39 is 22.2 Å². The van der Waals surface area contributed by atoms with Crippen molar-refractivity contribution in [2.75, 3.05) is 37.7 Å². The fourth-order valence-electron chi connectivity index (χ4n) is 7.07. The molecule has 59 heavy (non-hydrogen) atoms. The average Bonchev–Trinajstić information content (AvgIpc) is 3.42. The van der Waals surface area contributed by atoms with Crippen LogP contribution in [0.15, 0.2) is 81.1 Å². The standard InChI is InChI=1S/C43H50N8O8/c1-6-9-22-58-40(47-48-44)19-18-39(53)45-20-21-46-41(54)29-11-15-35-34(25-29)43(4,5)38(50(35)27-31-24-33(51(56)57)14-16-36(31)52)17-12-30-23-28-10-13-32(49(7-2)8-3)26-37(28)59-42(30)55/h10-17,23-26,40H,6-9,18-22,27H2,1-5H3,(H2-,45,46,52,53,54). The molecular formula is C43H50N8O8. The Morgan fingerprint density at radius 2 is 1.81 bits per heavy atom. The van der Waals surface area contributed by atoms with Gasteiger partial charge in [0.1, 0.15) is 11.8 Å². The van der Waals surface area contributed by atoms with E-state index in [0.717, 1.165) is 42.6 Å². The summed E-state index contributed by atoms with van der Waals surface area (Å²) in [6.07, 6.45) is 4.75. The summed E-state index contributed by atoms with van der Waals surface area (Å²) in [5.41, 5.74) is 11.6. The van der Waals surface area contributed by atoms with Crippen molar-refractivity contribution in [3.63, 3.8) is 0 Å². The van der Waals surface area contributed by atoms with Gasteiger partial charge in [0, 0.05) is 102 Å². The molecule has 1 aliphatic heterocycles. The topological polar surface area (TPSA) is 219 Å². The lowest BCUT2D eigenvalue weighted by molar-refractivity contribution is -0.456. The van der Waals surface area contributed by atoms with E-state index in [2.05, 4.69) is 39.4 Å². The zero-order valence-electron chi connectivity index (χ0n) is 34.0. The highest BCUT2D eigenvalue weighted by molar-refractivity contribution is 6.06. The number of unbranched alkanes of at least 4 members (excludes halogenated alkanes) is 1. The normalized spacial score (nSPS) is 13.6. The molecule has 16 heteroatoms. The van der Waals surface area contributed by atoms with Crippen molar-refractivity contribution in [2.45, 2.75) is 78.5 Å². The molecule has 1 aromatic heterocycles. The van der Waals surface area contributed by atoms with E-state index >= 15 is 0 Å². The molecule has 1 atom stereocenters. The Balaban J connectivity index is 1.37. The number of azide groups is 1. The molecule has 2 N–H and O–H groups in total. The second-order valence-corrected chi connectivity index (χ2v) is 14.6. The predicted molar refractivity (Wildman–Crippen MR) is 224 cm³/mol. The Morgan fingerprint density at radius 1 is 1.05 bits per heavy atom. The number of non-ortho nitro benzene ring substituents is 1. The lowest BCUT2D eigenvalue weighted by atomic mass is 9.80. The first-order chi connectivity index (χ1) is 28.3. The van der Waals surface area contributed by atoms with Crippen molar-refractivity contribution in [3.8, 4) is 5.75 Å². The number of rotatable bonds is 20. The third-order valence-electron chi connectivity index (χ3n) is 10.4. The van der Waals surface area contributed by atoms with Crippen LogP contribution >= 0.6 is 0 Å². The van der Waals surface area contributed by atoms with E-state index in [1.165, 1.54) is 18.2 Å². The number of carbonyl (C=O) groups excluding carboxylic acids is 2. The van der Waals surface area contributed by atoms with E-state index in [9.17, 15) is 29.6 Å². The molecule has 5 rings (SSSR count). The number of benzene rings is 3. The van der Waals surface area contributed by atoms with Gasteiger partial charge in [-0.1, -0.05) is 30.3 Å². The Kier molecular flexibility index (Phi) is 14.6. The largest absolute Gasteiger partial charge is 0.872 e. The predicted octanol–water partition coefficient (Wildman–Crippen LogP) is 6.99. The molecular weight excluding hydrogens is 757 g/mol. The summed E-state index contributed by atoms with van der Waals surface area (Å²) in [6.45, 7) is 12.4. The number of hydrogen-bond donors (Lipinski definition) is 2. The maximum atomic E-state index is 13.4. The number of nitrogens with zero attached hydrogens (tertiary/aromatic N) is 6. The summed E-state index contributed by atoms with van der Waals surface area (Å²) < 4.78 is 13.2. The van der Waals surface area contributed by atoms with Crippen LogP contribution in [0.2, 0.25) is 0 Å². The van der Waals surface area contributed by atoms with Crippen LogP contribution < -0.4 is 26.3 Å². The number of amides is 2. The van der Waals surface area contributed by atoms with Crippen LogP contribution in [0.25, 0.3) is 27.5 Å². The molecule has 1 unspecified atom stereocenters. The van der Waals surface area contributed by atoms with Crippen LogP contribution in [0.3, 0.4) is 0 Å². The number of fused-ring (bicyclic) bond motifs is 2. The van der Waals surface area contributed by atoms with Crippen LogP contribution in [0, 0.1) is 10.1 Å². The van der Waals surface area contributed by atoms with Crippen molar-refractivity contribution < 1.29 is 33.3 Å². The molecule has 310 valence electrons. The number of nitrogens with one attached hydrogen (secondary N) is 2. The molecule has 0 spiro atoms. The number of anilines is 1. The van der Waals surface area contributed by atoms with Crippen molar-refractivity contribution in [1.29, 1.82) is 0 Å². The fourth-order valence-corrected chi connectivity index (χ4v) is 7.07. The maximum Gasteiger partial charge on any atom is 0.343 e. The van der Waals surface area contributed by atoms with E-state index in [1.54, 1.807) is 36.4 Å². The number of nitro benzene ring substituents is 1. The lowest BCUT2D eigenvalue weighted by Crippen LogP contribution is -2.35. The third-order valence-corrected chi connectivity index (χ3v) is 10.4. The van der Waals surface area contributed by atoms with Gasteiger partial charge in [0.2, 0.25) is 11.6 Å². The first kappa shape index (κ1) is 43.6. The minimum Gasteiger partial charge on any atom is -0.872 e. The Bertz CT molecular complexity index is 2380. The summed E-state index contributed by atoms with van der Waals surface area (Å²) in [5.74, 6) is -1.02. The molecule has 0 bridgehead atoms. The molecule has 3 aromatic carbocycles. The second kappa shape index (κ2) is 19.8. The van der Waals surface area contributed by atoms with Crippen LogP contribution in [-0.2, 0) is 21.5 Å². The summed E-state index contributed by atoms with van der Waals surface area (Å²) in [7, 11) is 0. The SMILES string of the molecule is CCCCOC(CCC(=O)NCCNC(=O)c1ccc2c(c1)C(C)(C)C(/C=C/c1cc3ccc(N(CC)CC)cc3oc1=O)=[N+]2Cc1cc([N+](=O)[O-])ccc1[O-])N=[N+]=[N-]. The zero-order valence-corrected chi connectivity index (χ0v) is 34.0. The van der Waals surface area contributed by atoms with Crippen LogP contribution in [-0.4, -0.2) is 66.0 Å². The summed E-state index contributed by atoms with van der Waals surface area (Å²) >= 11 is 0. The molecule has 4 aromatic rings. The Hall–Kier alpha value is -6.51. The number of nitro groups is 1. The van der Waals surface area contributed by atoms with Crippen molar-refractivity contribution in [3.05, 3.63) is 120 Å². The van der Waals surface area contributed by atoms with E-state index in [1.807, 2.05) is 43.5 Å². The molecule has 0 radical (unpaired) electrons. The van der Waals surface area contributed by atoms with E-state index in [4.69, 9.17) is 14.7 Å². The van der Waals surface area contributed by atoms with Gasteiger partial charge in [-0.15, -0.1) is 0 Å². The molecule has 0 saturated heterocycles. The fraction of sp³-hybridized carbons (Fsp3) is 0.395. The molecule has 2 heterocycles. The van der Waals surface area contributed by atoms with Gasteiger partial charge in [-0.25, -0.2) is 4.79 Å². The summed E-state index contributed by atoms with van der Waals surface area (Å²) in [5, 5.41) is 34.6. The number of allylic oxidation sites excluding steroid dienone is 1. The highest BCUT2D eigenvalue weighted by Gasteiger charge is 2.45. The summed E-state index contributed by atoms with van der Waals surface area (Å²) in [4.78, 5) is 55.1. The molecule has 1 aliphatic rings. The maximum absolute atomic E-state index is 13.4. The minimum absolute atomic E-state index is 0.0171. The van der Waals surface area contributed by atoms with Crippen molar-refractivity contribution in [2.24, 2.45) is 5.11 Å². The third kappa shape index (κ3) is 10.5. The lowest BCUT2D eigenvalue weighted by Gasteiger charge is -2.20. The molecule has 0 saturated carbocycles. The van der Waals surface area contributed by atoms with Gasteiger partial charge in [-0.3, -0.25) is 19.7 Å². The number of ether oxygens (including phenoxy) is 1. The van der Waals surface area contributed by atoms with Crippen LogP contribution in [0.5, 0.6) is 5.75 Å². The molecule has 2 amide bonds. The van der Waals surface area contributed by atoms with Gasteiger partial charge < -0.3 is 29.8 Å². The number of carbonyl (C=O) groups is 2. The van der Waals surface area contributed by atoms with Gasteiger partial charge in [0.15, 0.2) is 12.3 Å². The van der Waals surface area contributed by atoms with Gasteiger partial charge in [0.25, 0.3) is 11.6 Å². The summed E-state index contributed by atoms with van der Waals surface area (Å²) in [6, 6.07) is 16.3. The van der Waals surface area contributed by atoms with Crippen molar-refractivity contribution in [1.82, 2.24) is 10.6 Å². The molecule has 16 nitrogen and oxygen atoms in total. The van der Waals surface area contributed by atoms with Crippen LogP contribution in [0.4, 0.5) is 17.1 Å². The average molecular weight is 807 g/mol. The highest BCUT2D eigenvalue weighted by atomic mass is 16.6. The van der Waals surface area contributed by atoms with Crippen molar-refractivity contribution >= 4 is 51.6 Å². The van der Waals surface area contributed by atoms with Gasteiger partial charge in [-0.2, -0.15) is 4.58 Å². The first-order valence-corrected chi connectivity index (χ1v) is 19.8. The van der Waals surface area contributed by atoms with E-state index in [-0.39, 0.29) is 61.3 Å². The minimum atomic E-state index is -0.775. The van der Waals surface area contributed by atoms with Gasteiger partial charge >= 0.3 is 5.63 Å². The Labute approximate surface area is 342 Å².